The molecule has 2 aromatic carbocycles. The molecule has 0 atom stereocenters. The molecule has 1 aromatic heterocycles. The van der Waals surface area contributed by atoms with E-state index in [9.17, 15) is 9.59 Å². The van der Waals surface area contributed by atoms with Crippen LogP contribution in [0.1, 0.15) is 48.0 Å². The molecule has 0 unspecified atom stereocenters. The number of piperazine rings is 1. The number of hydrogen-bond acceptors (Lipinski definition) is 6. The zero-order valence-corrected chi connectivity index (χ0v) is 22.1. The van der Waals surface area contributed by atoms with Crippen LogP contribution in [0.5, 0.6) is 0 Å². The van der Waals surface area contributed by atoms with Crippen molar-refractivity contribution in [2.24, 2.45) is 5.92 Å². The van der Waals surface area contributed by atoms with E-state index in [2.05, 4.69) is 21.8 Å². The fraction of sp³-hybridized carbons (Fsp3) is 0.414. The lowest BCUT2D eigenvalue weighted by Crippen LogP contribution is -2.50. The molecular weight excluding hydrogens is 484 g/mol. The number of aromatic nitrogens is 1. The minimum Gasteiger partial charge on any atom is -0.449 e. The summed E-state index contributed by atoms with van der Waals surface area (Å²) in [7, 11) is 0. The van der Waals surface area contributed by atoms with Crippen LogP contribution >= 0.6 is 11.9 Å². The fourth-order valence-electron chi connectivity index (χ4n) is 5.16. The maximum atomic E-state index is 13.1. The molecule has 2 heterocycles. The van der Waals surface area contributed by atoms with Crippen LogP contribution < -0.4 is 4.72 Å². The number of nitrogens with one attached hydrogen (secondary N) is 1. The van der Waals surface area contributed by atoms with Gasteiger partial charge in [0.2, 0.25) is 0 Å². The van der Waals surface area contributed by atoms with E-state index in [1.165, 1.54) is 37.6 Å². The van der Waals surface area contributed by atoms with Crippen LogP contribution in [0.2, 0.25) is 0 Å². The molecule has 1 aliphatic carbocycles. The molecule has 194 valence electrons. The number of anilines is 1. The number of amides is 2. The van der Waals surface area contributed by atoms with E-state index in [0.29, 0.717) is 44.3 Å². The predicted octanol–water partition coefficient (Wildman–Crippen LogP) is 6.14. The molecule has 1 N–H and O–H groups in total. The van der Waals surface area contributed by atoms with Gasteiger partial charge < -0.3 is 19.3 Å². The lowest BCUT2D eigenvalue weighted by Gasteiger charge is -2.34. The summed E-state index contributed by atoms with van der Waals surface area (Å²) in [6, 6.07) is 15.9. The summed E-state index contributed by atoms with van der Waals surface area (Å²) in [5, 5.41) is 1.10. The predicted molar refractivity (Wildman–Crippen MR) is 148 cm³/mol. The molecule has 7 nitrogen and oxygen atoms in total. The smallest absolute Gasteiger partial charge is 0.409 e. The van der Waals surface area contributed by atoms with Crippen molar-refractivity contribution in [3.8, 4) is 0 Å². The van der Waals surface area contributed by atoms with Crippen molar-refractivity contribution >= 4 is 40.5 Å². The summed E-state index contributed by atoms with van der Waals surface area (Å²) in [4.78, 5) is 34.7. The Kier molecular flexibility index (Phi) is 8.14. The van der Waals surface area contributed by atoms with Crippen molar-refractivity contribution in [2.75, 3.05) is 37.5 Å². The minimum absolute atomic E-state index is 0.00481. The maximum absolute atomic E-state index is 13.1. The van der Waals surface area contributed by atoms with Crippen molar-refractivity contribution in [1.29, 1.82) is 0 Å². The summed E-state index contributed by atoms with van der Waals surface area (Å²) in [6.45, 7) is 4.53. The Morgan fingerprint density at radius 2 is 1.78 bits per heavy atom. The second kappa shape index (κ2) is 11.9. The Labute approximate surface area is 222 Å². The molecule has 3 aromatic rings. The number of fused-ring (bicyclic) bond motifs is 1. The van der Waals surface area contributed by atoms with Gasteiger partial charge in [0.1, 0.15) is 0 Å². The third-order valence-corrected chi connectivity index (χ3v) is 8.26. The molecular formula is C29H34N4O3S. The van der Waals surface area contributed by atoms with Crippen molar-refractivity contribution in [1.82, 2.24) is 14.8 Å². The van der Waals surface area contributed by atoms with Gasteiger partial charge in [-0.2, -0.15) is 0 Å². The molecule has 1 saturated carbocycles. The highest BCUT2D eigenvalue weighted by Crippen LogP contribution is 2.29. The third kappa shape index (κ3) is 6.18. The number of benzene rings is 2. The van der Waals surface area contributed by atoms with E-state index in [0.717, 1.165) is 33.5 Å². The van der Waals surface area contributed by atoms with Crippen LogP contribution in [-0.2, 0) is 4.74 Å². The average molecular weight is 519 g/mol. The van der Waals surface area contributed by atoms with Crippen molar-refractivity contribution < 1.29 is 14.3 Å². The number of aryl methyl sites for hydroxylation is 1. The van der Waals surface area contributed by atoms with E-state index < -0.39 is 0 Å². The zero-order valence-electron chi connectivity index (χ0n) is 21.3. The number of para-hydroxylation sites is 1. The second-order valence-corrected chi connectivity index (χ2v) is 10.7. The molecule has 0 spiro atoms. The molecule has 2 aliphatic rings. The van der Waals surface area contributed by atoms with Gasteiger partial charge in [-0.15, -0.1) is 0 Å². The van der Waals surface area contributed by atoms with Gasteiger partial charge in [0.15, 0.2) is 0 Å². The quantitative estimate of drug-likeness (QED) is 0.379. The Bertz CT molecular complexity index is 1250. The highest BCUT2D eigenvalue weighted by atomic mass is 32.2. The molecule has 1 aliphatic heterocycles. The Hall–Kier alpha value is -3.26. The highest BCUT2D eigenvalue weighted by Gasteiger charge is 2.26. The molecule has 0 bridgehead atoms. The summed E-state index contributed by atoms with van der Waals surface area (Å²) in [5.74, 6) is 0.705. The standard InChI is InChI=1S/C29H34N4O3S/c1-21-20-24(11-12-25(21)31-37-26-10-4-8-23-9-5-14-30-27(23)26)28(34)32-15-17-33(18-16-32)29(35)36-19-13-22-6-2-3-7-22/h4-5,8-12,14,20,22,31H,2-3,6-7,13,15-19H2,1H3. The SMILES string of the molecule is Cc1cc(C(=O)N2CCN(C(=O)OCCC3CCCC3)CC2)ccc1NSc1cccc2cccnc12. The number of hydrogen-bond donors (Lipinski definition) is 1. The van der Waals surface area contributed by atoms with Gasteiger partial charge in [-0.25, -0.2) is 4.79 Å². The number of nitrogens with zero attached hydrogens (tertiary/aromatic N) is 3. The normalized spacial score (nSPS) is 16.2. The van der Waals surface area contributed by atoms with Crippen LogP contribution in [0.3, 0.4) is 0 Å². The number of rotatable bonds is 7. The first kappa shape index (κ1) is 25.4. The molecule has 5 rings (SSSR count). The van der Waals surface area contributed by atoms with Crippen LogP contribution in [0, 0.1) is 12.8 Å². The number of ether oxygens (including phenoxy) is 1. The van der Waals surface area contributed by atoms with E-state index in [1.807, 2.05) is 48.2 Å². The van der Waals surface area contributed by atoms with Crippen LogP contribution in [-0.4, -0.2) is 59.6 Å². The molecule has 0 radical (unpaired) electrons. The monoisotopic (exact) mass is 518 g/mol. The summed E-state index contributed by atoms with van der Waals surface area (Å²) < 4.78 is 8.92. The van der Waals surface area contributed by atoms with Gasteiger partial charge in [-0.1, -0.05) is 43.9 Å². The molecule has 8 heteroatoms. The minimum atomic E-state index is -0.254. The lowest BCUT2D eigenvalue weighted by molar-refractivity contribution is 0.0548. The lowest BCUT2D eigenvalue weighted by atomic mass is 10.1. The first-order chi connectivity index (χ1) is 18.1. The van der Waals surface area contributed by atoms with Crippen molar-refractivity contribution in [3.63, 3.8) is 0 Å². The second-order valence-electron chi connectivity index (χ2n) is 9.90. The Balaban J connectivity index is 1.11. The van der Waals surface area contributed by atoms with E-state index >= 15 is 0 Å². The van der Waals surface area contributed by atoms with Gasteiger partial charge in [0.25, 0.3) is 5.91 Å². The Morgan fingerprint density at radius 1 is 1.03 bits per heavy atom. The highest BCUT2D eigenvalue weighted by molar-refractivity contribution is 8.00. The summed E-state index contributed by atoms with van der Waals surface area (Å²) in [5.41, 5.74) is 3.58. The van der Waals surface area contributed by atoms with E-state index in [-0.39, 0.29) is 12.0 Å². The number of carbonyl (C=O) groups is 2. The number of carbonyl (C=O) groups excluding carboxylic acids is 2. The van der Waals surface area contributed by atoms with Gasteiger partial charge in [0, 0.05) is 49.0 Å². The van der Waals surface area contributed by atoms with Crippen LogP contribution in [0.25, 0.3) is 10.9 Å². The Morgan fingerprint density at radius 3 is 2.57 bits per heavy atom. The fourth-order valence-corrected chi connectivity index (χ4v) is 6.02. The first-order valence-corrected chi connectivity index (χ1v) is 14.0. The number of pyridine rings is 1. The van der Waals surface area contributed by atoms with E-state index in [1.54, 1.807) is 11.1 Å². The molecule has 1 saturated heterocycles. The summed E-state index contributed by atoms with van der Waals surface area (Å²) in [6.07, 6.45) is 7.63. The van der Waals surface area contributed by atoms with Gasteiger partial charge in [-0.05, 0) is 67.1 Å². The van der Waals surface area contributed by atoms with Crippen molar-refractivity contribution in [2.45, 2.75) is 43.9 Å². The third-order valence-electron chi connectivity index (χ3n) is 7.39. The first-order valence-electron chi connectivity index (χ1n) is 13.2. The maximum Gasteiger partial charge on any atom is 0.409 e. The topological polar surface area (TPSA) is 74.8 Å². The molecule has 37 heavy (non-hydrogen) atoms. The summed E-state index contributed by atoms with van der Waals surface area (Å²) >= 11 is 1.52. The van der Waals surface area contributed by atoms with Crippen molar-refractivity contribution in [3.05, 3.63) is 65.9 Å². The molecule has 2 fully saturated rings. The van der Waals surface area contributed by atoms with Gasteiger partial charge >= 0.3 is 6.09 Å². The van der Waals surface area contributed by atoms with E-state index in [4.69, 9.17) is 4.74 Å². The van der Waals surface area contributed by atoms with Crippen LogP contribution in [0.4, 0.5) is 10.5 Å². The molecule has 2 amide bonds. The zero-order chi connectivity index (χ0) is 25.6. The largest absolute Gasteiger partial charge is 0.449 e. The average Bonchev–Trinajstić information content (AvgIpc) is 3.45. The van der Waals surface area contributed by atoms with Gasteiger partial charge in [0.05, 0.1) is 17.0 Å². The van der Waals surface area contributed by atoms with Crippen LogP contribution in [0.15, 0.2) is 59.6 Å². The van der Waals surface area contributed by atoms with Gasteiger partial charge in [-0.3, -0.25) is 9.78 Å².